The van der Waals surface area contributed by atoms with Crippen LogP contribution in [0.3, 0.4) is 0 Å². The van der Waals surface area contributed by atoms with Gasteiger partial charge in [-0.25, -0.2) is 4.79 Å². The Balaban J connectivity index is 2.34. The number of benzene rings is 1. The van der Waals surface area contributed by atoms with Gasteiger partial charge in [0.05, 0.1) is 0 Å². The molecule has 2 atom stereocenters. The SMILES string of the molecule is C[C@H](N)C[C@@](O)(Cc1c[nH]c2ccccc12)C(=O)O. The summed E-state index contributed by atoms with van der Waals surface area (Å²) in [5.74, 6) is -1.24. The summed E-state index contributed by atoms with van der Waals surface area (Å²) in [6, 6.07) is 7.20. The van der Waals surface area contributed by atoms with Crippen LogP contribution < -0.4 is 5.73 Å². The van der Waals surface area contributed by atoms with Crippen molar-refractivity contribution in [1.29, 1.82) is 0 Å². The third-order valence-electron chi connectivity index (χ3n) is 3.22. The zero-order valence-electron chi connectivity index (χ0n) is 10.8. The van der Waals surface area contributed by atoms with Gasteiger partial charge in [0.25, 0.3) is 0 Å². The molecule has 2 rings (SSSR count). The van der Waals surface area contributed by atoms with Gasteiger partial charge in [-0.2, -0.15) is 0 Å². The number of H-pyrrole nitrogens is 1. The molecule has 1 aromatic heterocycles. The van der Waals surface area contributed by atoms with Gasteiger partial charge in [0.1, 0.15) is 0 Å². The standard InChI is InChI=1S/C14H18N2O3/c1-9(15)6-14(19,13(17)18)7-10-8-16-12-5-3-2-4-11(10)12/h2-5,8-9,16,19H,6-7,15H2,1H3,(H,17,18)/t9-,14+/m0/s1. The smallest absolute Gasteiger partial charge is 0.336 e. The van der Waals surface area contributed by atoms with Gasteiger partial charge < -0.3 is 20.9 Å². The van der Waals surface area contributed by atoms with Gasteiger partial charge in [-0.15, -0.1) is 0 Å². The van der Waals surface area contributed by atoms with Crippen LogP contribution in [-0.4, -0.2) is 32.8 Å². The molecule has 0 bridgehead atoms. The summed E-state index contributed by atoms with van der Waals surface area (Å²) in [5.41, 5.74) is 5.49. The average molecular weight is 262 g/mol. The molecule has 1 aromatic carbocycles. The summed E-state index contributed by atoms with van der Waals surface area (Å²) >= 11 is 0. The number of nitrogens with two attached hydrogens (primary N) is 1. The topological polar surface area (TPSA) is 99.3 Å². The van der Waals surface area contributed by atoms with Gasteiger partial charge in [-0.05, 0) is 18.6 Å². The molecular formula is C14H18N2O3. The van der Waals surface area contributed by atoms with Gasteiger partial charge in [-0.3, -0.25) is 0 Å². The lowest BCUT2D eigenvalue weighted by Crippen LogP contribution is -2.45. The lowest BCUT2D eigenvalue weighted by molar-refractivity contribution is -0.159. The fourth-order valence-corrected chi connectivity index (χ4v) is 2.36. The van der Waals surface area contributed by atoms with Crippen molar-refractivity contribution in [3.63, 3.8) is 0 Å². The van der Waals surface area contributed by atoms with Crippen LogP contribution in [0.15, 0.2) is 30.5 Å². The number of hydrogen-bond acceptors (Lipinski definition) is 3. The predicted molar refractivity (Wildman–Crippen MR) is 72.9 cm³/mol. The highest BCUT2D eigenvalue weighted by molar-refractivity contribution is 5.85. The second-order valence-corrected chi connectivity index (χ2v) is 5.05. The second kappa shape index (κ2) is 5.03. The number of nitrogens with one attached hydrogen (secondary N) is 1. The number of aliphatic carboxylic acids is 1. The van der Waals surface area contributed by atoms with E-state index in [1.165, 1.54) is 0 Å². The lowest BCUT2D eigenvalue weighted by atomic mass is 9.88. The van der Waals surface area contributed by atoms with Crippen molar-refractivity contribution in [3.05, 3.63) is 36.0 Å². The highest BCUT2D eigenvalue weighted by atomic mass is 16.4. The molecule has 5 N–H and O–H groups in total. The first kappa shape index (κ1) is 13.6. The first-order chi connectivity index (χ1) is 8.92. The molecule has 1 heterocycles. The van der Waals surface area contributed by atoms with E-state index < -0.39 is 11.6 Å². The minimum absolute atomic E-state index is 0.0157. The number of aromatic amines is 1. The Bertz CT molecular complexity index is 591. The van der Waals surface area contributed by atoms with E-state index in [0.29, 0.717) is 0 Å². The Labute approximate surface area is 111 Å². The summed E-state index contributed by atoms with van der Waals surface area (Å²) in [4.78, 5) is 14.4. The van der Waals surface area contributed by atoms with Crippen molar-refractivity contribution in [2.45, 2.75) is 31.4 Å². The number of hydrogen-bond donors (Lipinski definition) is 4. The zero-order chi connectivity index (χ0) is 14.0. The van der Waals surface area contributed by atoms with Crippen LogP contribution in [0.2, 0.25) is 0 Å². The molecule has 0 aliphatic rings. The number of carbonyl (C=O) groups is 1. The molecule has 102 valence electrons. The highest BCUT2D eigenvalue weighted by Crippen LogP contribution is 2.25. The molecule has 0 saturated carbocycles. The van der Waals surface area contributed by atoms with Gasteiger partial charge >= 0.3 is 5.97 Å². The third-order valence-corrected chi connectivity index (χ3v) is 3.22. The quantitative estimate of drug-likeness (QED) is 0.652. The van der Waals surface area contributed by atoms with Crippen LogP contribution in [0, 0.1) is 0 Å². The zero-order valence-corrected chi connectivity index (χ0v) is 10.8. The number of para-hydroxylation sites is 1. The van der Waals surface area contributed by atoms with Gasteiger partial charge in [0.2, 0.25) is 0 Å². The minimum atomic E-state index is -1.83. The summed E-state index contributed by atoms with van der Waals surface area (Å²) in [6.07, 6.45) is 1.79. The molecule has 0 radical (unpaired) electrons. The molecule has 0 fully saturated rings. The molecule has 0 spiro atoms. The van der Waals surface area contributed by atoms with E-state index in [9.17, 15) is 15.0 Å². The van der Waals surface area contributed by atoms with Crippen molar-refractivity contribution >= 4 is 16.9 Å². The molecule has 0 aliphatic carbocycles. The van der Waals surface area contributed by atoms with E-state index in [4.69, 9.17) is 5.73 Å². The summed E-state index contributed by atoms with van der Waals surface area (Å²) in [6.45, 7) is 1.68. The van der Waals surface area contributed by atoms with Crippen LogP contribution >= 0.6 is 0 Å². The molecule has 0 saturated heterocycles. The van der Waals surface area contributed by atoms with Crippen molar-refractivity contribution in [3.8, 4) is 0 Å². The predicted octanol–water partition coefficient (Wildman–Crippen LogP) is 1.26. The number of aliphatic hydroxyl groups is 1. The van der Waals surface area contributed by atoms with Crippen LogP contribution in [0.1, 0.15) is 18.9 Å². The van der Waals surface area contributed by atoms with Crippen LogP contribution in [0.4, 0.5) is 0 Å². The number of carboxylic acids is 1. The van der Waals surface area contributed by atoms with E-state index in [0.717, 1.165) is 16.5 Å². The largest absolute Gasteiger partial charge is 0.479 e. The molecule has 19 heavy (non-hydrogen) atoms. The number of rotatable bonds is 5. The van der Waals surface area contributed by atoms with Gasteiger partial charge in [-0.1, -0.05) is 18.2 Å². The van der Waals surface area contributed by atoms with Crippen molar-refractivity contribution in [2.75, 3.05) is 0 Å². The Hall–Kier alpha value is -1.85. The van der Waals surface area contributed by atoms with E-state index in [-0.39, 0.29) is 18.9 Å². The van der Waals surface area contributed by atoms with Crippen molar-refractivity contribution in [1.82, 2.24) is 4.98 Å². The van der Waals surface area contributed by atoms with E-state index in [2.05, 4.69) is 4.98 Å². The van der Waals surface area contributed by atoms with Crippen LogP contribution in [-0.2, 0) is 11.2 Å². The number of fused-ring (bicyclic) bond motifs is 1. The lowest BCUT2D eigenvalue weighted by Gasteiger charge is -2.25. The molecule has 0 amide bonds. The maximum Gasteiger partial charge on any atom is 0.336 e. The molecule has 2 aromatic rings. The Morgan fingerprint density at radius 3 is 2.79 bits per heavy atom. The van der Waals surface area contributed by atoms with Crippen molar-refractivity contribution in [2.24, 2.45) is 5.73 Å². The summed E-state index contributed by atoms with van der Waals surface area (Å²) < 4.78 is 0. The maximum atomic E-state index is 11.3. The summed E-state index contributed by atoms with van der Waals surface area (Å²) in [5, 5.41) is 20.5. The fourth-order valence-electron chi connectivity index (χ4n) is 2.36. The monoisotopic (exact) mass is 262 g/mol. The first-order valence-corrected chi connectivity index (χ1v) is 6.19. The highest BCUT2D eigenvalue weighted by Gasteiger charge is 2.37. The van der Waals surface area contributed by atoms with E-state index >= 15 is 0 Å². The molecule has 5 nitrogen and oxygen atoms in total. The first-order valence-electron chi connectivity index (χ1n) is 6.19. The van der Waals surface area contributed by atoms with Crippen LogP contribution in [0.5, 0.6) is 0 Å². The fraction of sp³-hybridized carbons (Fsp3) is 0.357. The number of carboxylic acid groups (broad SMARTS) is 1. The second-order valence-electron chi connectivity index (χ2n) is 5.05. The van der Waals surface area contributed by atoms with E-state index in [1.54, 1.807) is 13.1 Å². The third kappa shape index (κ3) is 2.77. The molecule has 0 aliphatic heterocycles. The van der Waals surface area contributed by atoms with Gasteiger partial charge in [0.15, 0.2) is 5.60 Å². The molecule has 5 heteroatoms. The van der Waals surface area contributed by atoms with E-state index in [1.807, 2.05) is 24.3 Å². The van der Waals surface area contributed by atoms with Crippen LogP contribution in [0.25, 0.3) is 10.9 Å². The van der Waals surface area contributed by atoms with Crippen molar-refractivity contribution < 1.29 is 15.0 Å². The Morgan fingerprint density at radius 1 is 1.47 bits per heavy atom. The maximum absolute atomic E-state index is 11.3. The Kier molecular flexibility index (Phi) is 3.59. The minimum Gasteiger partial charge on any atom is -0.479 e. The summed E-state index contributed by atoms with van der Waals surface area (Å²) in [7, 11) is 0. The number of aromatic nitrogens is 1. The molecular weight excluding hydrogens is 244 g/mol. The van der Waals surface area contributed by atoms with Gasteiger partial charge in [0, 0.05) is 36.0 Å². The molecule has 0 unspecified atom stereocenters. The normalized spacial score (nSPS) is 16.2. The Morgan fingerprint density at radius 2 is 2.16 bits per heavy atom. The average Bonchev–Trinajstić information content (AvgIpc) is 2.71.